The van der Waals surface area contributed by atoms with Crippen molar-refractivity contribution < 1.29 is 23.7 Å². The summed E-state index contributed by atoms with van der Waals surface area (Å²) in [4.78, 5) is 0. The molecule has 0 N–H and O–H groups in total. The maximum absolute atomic E-state index is 6.82. The van der Waals surface area contributed by atoms with E-state index in [2.05, 4.69) is 61.5 Å². The lowest BCUT2D eigenvalue weighted by Gasteiger charge is -2.43. The van der Waals surface area contributed by atoms with Crippen molar-refractivity contribution in [1.29, 1.82) is 0 Å². The lowest BCUT2D eigenvalue weighted by molar-refractivity contribution is -0.223. The molecule has 1 saturated heterocycles. The van der Waals surface area contributed by atoms with Gasteiger partial charge in [-0.25, -0.2) is 0 Å². The lowest BCUT2D eigenvalue weighted by Crippen LogP contribution is -2.56. The standard InChI is InChI=1S/C41H48O5/c1-2-3-4-5-18-27-37-39(43-29-34-21-12-7-13-22-34)41(45-31-36-25-16-9-17-26-36)40(44-30-35-23-14-8-15-24-35)38(46-37)32-42-28-33-19-10-6-11-20-33/h6-17,19-27,38-41H,2-5,18,28-32H2,1H3/b37-27-/t38-,39+,40-,41-/m1/s1. The van der Waals surface area contributed by atoms with Crippen molar-refractivity contribution in [2.75, 3.05) is 6.61 Å². The minimum Gasteiger partial charge on any atom is -0.487 e. The first kappa shape index (κ1) is 33.6. The molecule has 46 heavy (non-hydrogen) atoms. The summed E-state index contributed by atoms with van der Waals surface area (Å²) in [6.45, 7) is 4.39. The maximum Gasteiger partial charge on any atom is 0.150 e. The number of hydrogen-bond acceptors (Lipinski definition) is 5. The van der Waals surface area contributed by atoms with Crippen LogP contribution >= 0.6 is 0 Å². The Labute approximate surface area is 275 Å². The fraction of sp³-hybridized carbons (Fsp3) is 0.366. The second-order valence-electron chi connectivity index (χ2n) is 11.9. The number of ether oxygens (including phenoxy) is 5. The quantitative estimate of drug-likeness (QED) is 0.104. The van der Waals surface area contributed by atoms with Gasteiger partial charge in [-0.2, -0.15) is 0 Å². The second kappa shape index (κ2) is 19.0. The summed E-state index contributed by atoms with van der Waals surface area (Å²) in [7, 11) is 0. The number of rotatable bonds is 18. The Morgan fingerprint density at radius 1 is 0.543 bits per heavy atom. The van der Waals surface area contributed by atoms with Crippen molar-refractivity contribution in [3.63, 3.8) is 0 Å². The van der Waals surface area contributed by atoms with Gasteiger partial charge in [-0.05, 0) is 41.2 Å². The summed E-state index contributed by atoms with van der Waals surface area (Å²) < 4.78 is 33.4. The molecule has 0 saturated carbocycles. The van der Waals surface area contributed by atoms with E-state index in [1.165, 1.54) is 19.3 Å². The number of unbranched alkanes of at least 4 members (excludes halogenated alkanes) is 4. The zero-order chi connectivity index (χ0) is 31.7. The normalized spacial score (nSPS) is 20.4. The molecular formula is C41H48O5. The van der Waals surface area contributed by atoms with Crippen molar-refractivity contribution in [3.05, 3.63) is 155 Å². The smallest absolute Gasteiger partial charge is 0.150 e. The number of benzene rings is 4. The largest absolute Gasteiger partial charge is 0.487 e. The molecule has 0 aliphatic carbocycles. The van der Waals surface area contributed by atoms with Crippen molar-refractivity contribution in [1.82, 2.24) is 0 Å². The third-order valence-electron chi connectivity index (χ3n) is 8.20. The molecule has 1 aliphatic rings. The van der Waals surface area contributed by atoms with Gasteiger partial charge in [0.1, 0.15) is 24.1 Å². The first-order chi connectivity index (χ1) is 22.8. The monoisotopic (exact) mass is 620 g/mol. The van der Waals surface area contributed by atoms with Crippen LogP contribution in [-0.4, -0.2) is 31.0 Å². The first-order valence-corrected chi connectivity index (χ1v) is 16.7. The molecule has 4 aromatic carbocycles. The predicted molar refractivity (Wildman–Crippen MR) is 183 cm³/mol. The van der Waals surface area contributed by atoms with Gasteiger partial charge in [0.15, 0.2) is 6.10 Å². The summed E-state index contributed by atoms with van der Waals surface area (Å²) in [5.41, 5.74) is 4.40. The minimum atomic E-state index is -0.443. The van der Waals surface area contributed by atoms with Gasteiger partial charge in [0, 0.05) is 0 Å². The molecule has 0 aromatic heterocycles. The summed E-state index contributed by atoms with van der Waals surface area (Å²) in [6.07, 6.45) is 6.17. The SMILES string of the molecule is CCCCCC/C=C1\O[C@H](COCc2ccccc2)[C@@H](OCc2ccccc2)[C@H](OCc2ccccc2)[C@H]1OCc1ccccc1. The third kappa shape index (κ3) is 10.7. The zero-order valence-electron chi connectivity index (χ0n) is 27.0. The van der Waals surface area contributed by atoms with Crippen LogP contribution in [0.2, 0.25) is 0 Å². The lowest BCUT2D eigenvalue weighted by atomic mass is 9.96. The van der Waals surface area contributed by atoms with E-state index in [1.54, 1.807) is 0 Å². The highest BCUT2D eigenvalue weighted by Gasteiger charge is 2.46. The van der Waals surface area contributed by atoms with Crippen LogP contribution in [0.5, 0.6) is 0 Å². The van der Waals surface area contributed by atoms with Crippen LogP contribution in [0.15, 0.2) is 133 Å². The van der Waals surface area contributed by atoms with Crippen LogP contribution in [0.25, 0.3) is 0 Å². The van der Waals surface area contributed by atoms with Crippen LogP contribution in [-0.2, 0) is 50.1 Å². The van der Waals surface area contributed by atoms with E-state index in [1.807, 2.05) is 72.8 Å². The summed E-state index contributed by atoms with van der Waals surface area (Å²) in [6, 6.07) is 41.0. The molecule has 4 atom stereocenters. The zero-order valence-corrected chi connectivity index (χ0v) is 27.0. The fourth-order valence-corrected chi connectivity index (χ4v) is 5.69. The van der Waals surface area contributed by atoms with Crippen molar-refractivity contribution in [2.45, 2.75) is 89.9 Å². The Kier molecular flexibility index (Phi) is 13.9. The fourth-order valence-electron chi connectivity index (χ4n) is 5.69. The van der Waals surface area contributed by atoms with Gasteiger partial charge in [0.2, 0.25) is 0 Å². The summed E-state index contributed by atoms with van der Waals surface area (Å²) in [5.74, 6) is 0.804. The predicted octanol–water partition coefficient (Wildman–Crippen LogP) is 9.21. The van der Waals surface area contributed by atoms with Crippen LogP contribution < -0.4 is 0 Å². The van der Waals surface area contributed by atoms with Gasteiger partial charge >= 0.3 is 0 Å². The highest BCUT2D eigenvalue weighted by Crippen LogP contribution is 2.33. The van der Waals surface area contributed by atoms with Gasteiger partial charge in [0.25, 0.3) is 0 Å². The molecule has 0 spiro atoms. The molecule has 0 unspecified atom stereocenters. The molecule has 0 bridgehead atoms. The van der Waals surface area contributed by atoms with E-state index >= 15 is 0 Å². The van der Waals surface area contributed by atoms with Crippen LogP contribution in [0, 0.1) is 0 Å². The van der Waals surface area contributed by atoms with E-state index in [4.69, 9.17) is 23.7 Å². The molecule has 5 nitrogen and oxygen atoms in total. The molecule has 1 aliphatic heterocycles. The highest BCUT2D eigenvalue weighted by atomic mass is 16.6. The average molecular weight is 621 g/mol. The molecule has 5 heteroatoms. The number of allylic oxidation sites excluding steroid dienone is 1. The molecule has 0 radical (unpaired) electrons. The molecular weight excluding hydrogens is 572 g/mol. The Morgan fingerprint density at radius 3 is 1.54 bits per heavy atom. The molecule has 1 fully saturated rings. The molecule has 5 rings (SSSR count). The average Bonchev–Trinajstić information content (AvgIpc) is 3.11. The maximum atomic E-state index is 6.82. The van der Waals surface area contributed by atoms with E-state index < -0.39 is 18.3 Å². The van der Waals surface area contributed by atoms with Crippen LogP contribution in [0.4, 0.5) is 0 Å². The van der Waals surface area contributed by atoms with Gasteiger partial charge in [0.05, 0.1) is 33.0 Å². The summed E-state index contributed by atoms with van der Waals surface area (Å²) in [5, 5.41) is 0. The Morgan fingerprint density at radius 2 is 1.02 bits per heavy atom. The molecule has 242 valence electrons. The Hall–Kier alpha value is -3.74. The van der Waals surface area contributed by atoms with E-state index in [-0.39, 0.29) is 6.10 Å². The van der Waals surface area contributed by atoms with E-state index in [0.29, 0.717) is 33.0 Å². The minimum absolute atomic E-state index is 0.359. The molecule has 1 heterocycles. The molecule has 4 aromatic rings. The van der Waals surface area contributed by atoms with Crippen molar-refractivity contribution in [2.24, 2.45) is 0 Å². The first-order valence-electron chi connectivity index (χ1n) is 16.7. The van der Waals surface area contributed by atoms with Crippen LogP contribution in [0.3, 0.4) is 0 Å². The number of hydrogen-bond donors (Lipinski definition) is 0. The van der Waals surface area contributed by atoms with Crippen LogP contribution in [0.1, 0.15) is 61.3 Å². The van der Waals surface area contributed by atoms with Gasteiger partial charge in [-0.1, -0.05) is 148 Å². The molecule has 0 amide bonds. The van der Waals surface area contributed by atoms with Gasteiger partial charge in [-0.3, -0.25) is 0 Å². The van der Waals surface area contributed by atoms with Crippen molar-refractivity contribution in [3.8, 4) is 0 Å². The second-order valence-corrected chi connectivity index (χ2v) is 11.9. The van der Waals surface area contributed by atoms with E-state index in [9.17, 15) is 0 Å². The summed E-state index contributed by atoms with van der Waals surface area (Å²) >= 11 is 0. The third-order valence-corrected chi connectivity index (χ3v) is 8.20. The van der Waals surface area contributed by atoms with E-state index in [0.717, 1.165) is 40.9 Å². The Balaban J connectivity index is 1.43. The Bertz CT molecular complexity index is 1390. The van der Waals surface area contributed by atoms with Gasteiger partial charge in [-0.15, -0.1) is 0 Å². The van der Waals surface area contributed by atoms with Crippen molar-refractivity contribution >= 4 is 0 Å². The topological polar surface area (TPSA) is 46.2 Å². The van der Waals surface area contributed by atoms with Gasteiger partial charge < -0.3 is 23.7 Å². The highest BCUT2D eigenvalue weighted by molar-refractivity contribution is 5.18.